The first-order valence-electron chi connectivity index (χ1n) is 9.61. The van der Waals surface area contributed by atoms with Crippen molar-refractivity contribution in [1.29, 1.82) is 0 Å². The molecule has 1 N–H and O–H groups in total. The van der Waals surface area contributed by atoms with Gasteiger partial charge in [0.1, 0.15) is 12.4 Å². The van der Waals surface area contributed by atoms with Crippen LogP contribution in [0.2, 0.25) is 5.02 Å². The molecule has 0 radical (unpaired) electrons. The summed E-state index contributed by atoms with van der Waals surface area (Å²) in [5.74, 6) is -0.898. The van der Waals surface area contributed by atoms with Crippen LogP contribution >= 0.6 is 11.6 Å². The van der Waals surface area contributed by atoms with Crippen LogP contribution in [0.25, 0.3) is 11.0 Å². The standard InChI is InChI=1S/C21H18ClF3N6O/c1-11-6-14(20(24)25)19-12(2)29-31(21(19)27-11)10-18(32)28-13-7-26-30(8-13)9-15-16(22)4-3-5-17(15)23/h3-8,20H,9-10H2,1-2H3,(H,28,32). The van der Waals surface area contributed by atoms with Crippen molar-refractivity contribution in [2.45, 2.75) is 33.4 Å². The highest BCUT2D eigenvalue weighted by Crippen LogP contribution is 2.30. The summed E-state index contributed by atoms with van der Waals surface area (Å²) in [6.07, 6.45) is 0.263. The number of rotatable bonds is 6. The second-order valence-corrected chi connectivity index (χ2v) is 7.68. The van der Waals surface area contributed by atoms with Crippen LogP contribution in [0.5, 0.6) is 0 Å². The number of aromatic nitrogens is 5. The lowest BCUT2D eigenvalue weighted by Crippen LogP contribution is -2.19. The van der Waals surface area contributed by atoms with Gasteiger partial charge in [-0.1, -0.05) is 17.7 Å². The number of amides is 1. The van der Waals surface area contributed by atoms with E-state index in [1.807, 2.05) is 0 Å². The van der Waals surface area contributed by atoms with Crippen molar-refractivity contribution in [1.82, 2.24) is 24.5 Å². The van der Waals surface area contributed by atoms with E-state index in [0.29, 0.717) is 17.1 Å². The predicted octanol–water partition coefficient (Wildman–Crippen LogP) is 4.66. The van der Waals surface area contributed by atoms with Gasteiger partial charge >= 0.3 is 0 Å². The SMILES string of the molecule is Cc1cc(C(F)F)c2c(C)nn(CC(=O)Nc3cnn(Cc4c(F)cccc4Cl)c3)c2n1. The minimum absolute atomic E-state index is 0.0873. The average molecular weight is 463 g/mol. The zero-order chi connectivity index (χ0) is 23.0. The summed E-state index contributed by atoms with van der Waals surface area (Å²) in [5, 5.41) is 11.5. The number of anilines is 1. The molecule has 3 aromatic heterocycles. The van der Waals surface area contributed by atoms with Crippen molar-refractivity contribution in [3.8, 4) is 0 Å². The molecular weight excluding hydrogens is 445 g/mol. The maximum atomic E-state index is 14.0. The van der Waals surface area contributed by atoms with Gasteiger partial charge in [-0.15, -0.1) is 0 Å². The third kappa shape index (κ3) is 4.31. The zero-order valence-corrected chi connectivity index (χ0v) is 17.9. The molecule has 0 saturated carbocycles. The van der Waals surface area contributed by atoms with Gasteiger partial charge in [-0.25, -0.2) is 22.8 Å². The second-order valence-electron chi connectivity index (χ2n) is 7.27. The van der Waals surface area contributed by atoms with Gasteiger partial charge in [-0.2, -0.15) is 10.2 Å². The molecule has 3 heterocycles. The van der Waals surface area contributed by atoms with Gasteiger partial charge in [0, 0.05) is 28.0 Å². The molecule has 4 rings (SSSR count). The number of alkyl halides is 2. The van der Waals surface area contributed by atoms with Crippen LogP contribution in [0.3, 0.4) is 0 Å². The number of aryl methyl sites for hydroxylation is 2. The smallest absolute Gasteiger partial charge is 0.264 e. The van der Waals surface area contributed by atoms with Crippen molar-refractivity contribution in [3.63, 3.8) is 0 Å². The Balaban J connectivity index is 1.51. The molecule has 4 aromatic rings. The lowest BCUT2D eigenvalue weighted by atomic mass is 10.1. The fourth-order valence-electron chi connectivity index (χ4n) is 3.50. The second kappa shape index (κ2) is 8.62. The molecule has 0 aliphatic rings. The van der Waals surface area contributed by atoms with Gasteiger partial charge in [0.25, 0.3) is 6.43 Å². The molecule has 1 aromatic carbocycles. The molecule has 32 heavy (non-hydrogen) atoms. The fraction of sp³-hybridized carbons (Fsp3) is 0.238. The first-order valence-corrected chi connectivity index (χ1v) is 9.98. The number of fused-ring (bicyclic) bond motifs is 1. The number of carbonyl (C=O) groups is 1. The van der Waals surface area contributed by atoms with E-state index in [1.54, 1.807) is 19.9 Å². The number of hydrogen-bond donors (Lipinski definition) is 1. The van der Waals surface area contributed by atoms with Gasteiger partial charge in [0.05, 0.1) is 29.5 Å². The van der Waals surface area contributed by atoms with Crippen LogP contribution in [-0.2, 0) is 17.9 Å². The van der Waals surface area contributed by atoms with Crippen molar-refractivity contribution in [2.24, 2.45) is 0 Å². The molecule has 7 nitrogen and oxygen atoms in total. The third-order valence-corrected chi connectivity index (χ3v) is 5.22. The van der Waals surface area contributed by atoms with E-state index in [2.05, 4.69) is 20.5 Å². The van der Waals surface area contributed by atoms with E-state index in [-0.39, 0.29) is 40.3 Å². The Kier molecular flexibility index (Phi) is 5.88. The number of halogens is 4. The van der Waals surface area contributed by atoms with E-state index in [0.717, 1.165) is 0 Å². The largest absolute Gasteiger partial charge is 0.322 e. The topological polar surface area (TPSA) is 77.6 Å². The quantitative estimate of drug-likeness (QED) is 0.452. The molecule has 0 aliphatic carbocycles. The van der Waals surface area contributed by atoms with Gasteiger partial charge in [-0.3, -0.25) is 9.48 Å². The van der Waals surface area contributed by atoms with Crippen LogP contribution < -0.4 is 5.32 Å². The van der Waals surface area contributed by atoms with Crippen LogP contribution in [0, 0.1) is 19.7 Å². The molecular formula is C21H18ClF3N6O. The molecule has 0 saturated heterocycles. The lowest BCUT2D eigenvalue weighted by Gasteiger charge is -2.07. The molecule has 0 atom stereocenters. The van der Waals surface area contributed by atoms with E-state index in [4.69, 9.17) is 11.6 Å². The fourth-order valence-corrected chi connectivity index (χ4v) is 3.72. The summed E-state index contributed by atoms with van der Waals surface area (Å²) in [6, 6.07) is 5.72. The molecule has 0 aliphatic heterocycles. The van der Waals surface area contributed by atoms with E-state index < -0.39 is 18.1 Å². The monoisotopic (exact) mass is 462 g/mol. The summed E-state index contributed by atoms with van der Waals surface area (Å²) in [5.41, 5.74) is 1.49. The number of benzene rings is 1. The Morgan fingerprint density at radius 1 is 1.28 bits per heavy atom. The summed E-state index contributed by atoms with van der Waals surface area (Å²) in [4.78, 5) is 16.8. The van der Waals surface area contributed by atoms with Crippen LogP contribution in [0.1, 0.15) is 28.9 Å². The first-order chi connectivity index (χ1) is 15.2. The lowest BCUT2D eigenvalue weighted by molar-refractivity contribution is -0.116. The van der Waals surface area contributed by atoms with Crippen LogP contribution in [0.4, 0.5) is 18.9 Å². The summed E-state index contributed by atoms with van der Waals surface area (Å²) < 4.78 is 43.6. The number of carbonyl (C=O) groups excluding carboxylic acids is 1. The van der Waals surface area contributed by atoms with Crippen molar-refractivity contribution in [2.75, 3.05) is 5.32 Å². The third-order valence-electron chi connectivity index (χ3n) is 4.86. The van der Waals surface area contributed by atoms with Crippen molar-refractivity contribution in [3.05, 3.63) is 70.0 Å². The molecule has 0 bridgehead atoms. The normalized spacial score (nSPS) is 11.5. The molecule has 0 unspecified atom stereocenters. The Bertz CT molecular complexity index is 1300. The van der Waals surface area contributed by atoms with Gasteiger partial charge in [0.2, 0.25) is 5.91 Å². The Morgan fingerprint density at radius 3 is 2.78 bits per heavy atom. The molecule has 0 fully saturated rings. The first kappa shape index (κ1) is 21.8. The average Bonchev–Trinajstić information content (AvgIpc) is 3.28. The Labute approximate surface area is 185 Å². The maximum Gasteiger partial charge on any atom is 0.264 e. The Hall–Kier alpha value is -3.40. The van der Waals surface area contributed by atoms with E-state index in [9.17, 15) is 18.0 Å². The number of nitrogens with one attached hydrogen (secondary N) is 1. The molecule has 166 valence electrons. The maximum absolute atomic E-state index is 14.0. The van der Waals surface area contributed by atoms with Gasteiger partial charge in [-0.05, 0) is 32.0 Å². The molecule has 1 amide bonds. The van der Waals surface area contributed by atoms with Gasteiger partial charge in [0.15, 0.2) is 5.65 Å². The van der Waals surface area contributed by atoms with Crippen LogP contribution in [-0.4, -0.2) is 30.5 Å². The predicted molar refractivity (Wildman–Crippen MR) is 113 cm³/mol. The number of hydrogen-bond acceptors (Lipinski definition) is 4. The summed E-state index contributed by atoms with van der Waals surface area (Å²) >= 11 is 6.04. The summed E-state index contributed by atoms with van der Waals surface area (Å²) in [6.45, 7) is 3.06. The van der Waals surface area contributed by atoms with Crippen LogP contribution in [0.15, 0.2) is 36.7 Å². The minimum Gasteiger partial charge on any atom is -0.322 e. The highest BCUT2D eigenvalue weighted by atomic mass is 35.5. The van der Waals surface area contributed by atoms with Crippen molar-refractivity contribution < 1.29 is 18.0 Å². The Morgan fingerprint density at radius 2 is 2.06 bits per heavy atom. The number of pyridine rings is 1. The minimum atomic E-state index is -2.68. The van der Waals surface area contributed by atoms with Crippen molar-refractivity contribution >= 4 is 34.2 Å². The van der Waals surface area contributed by atoms with E-state index in [1.165, 1.54) is 40.0 Å². The van der Waals surface area contributed by atoms with Gasteiger partial charge < -0.3 is 5.32 Å². The summed E-state index contributed by atoms with van der Waals surface area (Å²) in [7, 11) is 0. The highest BCUT2D eigenvalue weighted by molar-refractivity contribution is 6.31. The number of nitrogens with zero attached hydrogens (tertiary/aromatic N) is 5. The molecule has 0 spiro atoms. The zero-order valence-electron chi connectivity index (χ0n) is 17.1. The van der Waals surface area contributed by atoms with E-state index >= 15 is 0 Å². The molecule has 11 heteroatoms. The highest BCUT2D eigenvalue weighted by Gasteiger charge is 2.21.